The van der Waals surface area contributed by atoms with E-state index in [2.05, 4.69) is 50.3 Å². The number of aliphatic imine (C=N–C) groups is 1. The van der Waals surface area contributed by atoms with Gasteiger partial charge in [-0.05, 0) is 38.3 Å². The summed E-state index contributed by atoms with van der Waals surface area (Å²) in [4.78, 5) is 8.84. The molecule has 1 aliphatic rings. The summed E-state index contributed by atoms with van der Waals surface area (Å²) in [6, 6.07) is 8.94. The van der Waals surface area contributed by atoms with Gasteiger partial charge in [-0.3, -0.25) is 4.99 Å². The van der Waals surface area contributed by atoms with E-state index in [1.807, 2.05) is 13.1 Å². The molecule has 0 spiro atoms. The van der Waals surface area contributed by atoms with Crippen LogP contribution in [-0.4, -0.2) is 35.1 Å². The van der Waals surface area contributed by atoms with Crippen molar-refractivity contribution in [2.75, 3.05) is 13.6 Å². The average Bonchev–Trinajstić information content (AvgIpc) is 3.25. The number of guanidine groups is 1. The van der Waals surface area contributed by atoms with Crippen molar-refractivity contribution in [2.45, 2.75) is 38.8 Å². The fourth-order valence-corrected chi connectivity index (χ4v) is 2.54. The van der Waals surface area contributed by atoms with Gasteiger partial charge >= 0.3 is 0 Å². The van der Waals surface area contributed by atoms with Crippen LogP contribution < -0.4 is 10.6 Å². The summed E-state index contributed by atoms with van der Waals surface area (Å²) < 4.78 is 2.29. The van der Waals surface area contributed by atoms with Crippen LogP contribution in [0.2, 0.25) is 0 Å². The second-order valence-corrected chi connectivity index (χ2v) is 5.57. The highest BCUT2D eigenvalue weighted by Gasteiger charge is 2.21. The lowest BCUT2D eigenvalue weighted by Gasteiger charge is -2.12. The summed E-state index contributed by atoms with van der Waals surface area (Å²) in [7, 11) is 1.82. The van der Waals surface area contributed by atoms with Crippen molar-refractivity contribution < 1.29 is 0 Å². The molecule has 0 radical (unpaired) electrons. The van der Waals surface area contributed by atoms with Crippen LogP contribution in [0.1, 0.15) is 25.1 Å². The number of hydrogen-bond donors (Lipinski definition) is 2. The molecule has 1 fully saturated rings. The van der Waals surface area contributed by atoms with Crippen LogP contribution in [0.4, 0.5) is 0 Å². The summed E-state index contributed by atoms with van der Waals surface area (Å²) >= 11 is 0. The Balaban J connectivity index is 0.00000176. The molecule has 1 heterocycles. The SMILES string of the molecule is CN=C(NCCCn1c(C)nc2ccccc21)NC1CC1.I. The zero-order valence-corrected chi connectivity index (χ0v) is 15.5. The lowest BCUT2D eigenvalue weighted by molar-refractivity contribution is 0.624. The van der Waals surface area contributed by atoms with Gasteiger partial charge in [0.25, 0.3) is 0 Å². The van der Waals surface area contributed by atoms with E-state index in [9.17, 15) is 0 Å². The van der Waals surface area contributed by atoms with Crippen molar-refractivity contribution in [1.82, 2.24) is 20.2 Å². The van der Waals surface area contributed by atoms with Gasteiger partial charge in [0.05, 0.1) is 11.0 Å². The standard InChI is InChI=1S/C16H23N5.HI/c1-12-19-14-6-3-4-7-15(14)21(12)11-5-10-18-16(17-2)20-13-8-9-13;/h3-4,6-7,13H,5,8-11H2,1-2H3,(H2,17,18,20);1H. The lowest BCUT2D eigenvalue weighted by Crippen LogP contribution is -2.39. The predicted octanol–water partition coefficient (Wildman–Crippen LogP) is 2.68. The molecule has 0 atom stereocenters. The third-order valence-electron chi connectivity index (χ3n) is 3.84. The van der Waals surface area contributed by atoms with Crippen LogP contribution in [0.5, 0.6) is 0 Å². The van der Waals surface area contributed by atoms with Gasteiger partial charge in [-0.15, -0.1) is 24.0 Å². The zero-order valence-electron chi connectivity index (χ0n) is 13.2. The van der Waals surface area contributed by atoms with E-state index in [1.165, 1.54) is 18.4 Å². The summed E-state index contributed by atoms with van der Waals surface area (Å²) in [6.07, 6.45) is 3.58. The number of rotatable bonds is 5. The van der Waals surface area contributed by atoms with Crippen molar-refractivity contribution in [3.05, 3.63) is 30.1 Å². The zero-order chi connectivity index (χ0) is 14.7. The summed E-state index contributed by atoms with van der Waals surface area (Å²) in [5, 5.41) is 6.77. The highest BCUT2D eigenvalue weighted by Crippen LogP contribution is 2.18. The van der Waals surface area contributed by atoms with Crippen molar-refractivity contribution in [3.8, 4) is 0 Å². The molecule has 6 heteroatoms. The number of aryl methyl sites for hydroxylation is 2. The van der Waals surface area contributed by atoms with Gasteiger partial charge in [-0.2, -0.15) is 0 Å². The molecule has 0 aliphatic heterocycles. The van der Waals surface area contributed by atoms with Gasteiger partial charge in [-0.1, -0.05) is 12.1 Å². The normalized spacial score (nSPS) is 14.7. The topological polar surface area (TPSA) is 54.2 Å². The van der Waals surface area contributed by atoms with Gasteiger partial charge < -0.3 is 15.2 Å². The molecule has 2 N–H and O–H groups in total. The fourth-order valence-electron chi connectivity index (χ4n) is 2.54. The van der Waals surface area contributed by atoms with Gasteiger partial charge in [0, 0.05) is 26.2 Å². The summed E-state index contributed by atoms with van der Waals surface area (Å²) in [6.45, 7) is 3.96. The maximum atomic E-state index is 4.60. The second kappa shape index (κ2) is 7.80. The Bertz CT molecular complexity index is 645. The molecule has 1 aromatic heterocycles. The number of nitrogens with zero attached hydrogens (tertiary/aromatic N) is 3. The van der Waals surface area contributed by atoms with Crippen LogP contribution in [0.3, 0.4) is 0 Å². The molecule has 1 aliphatic carbocycles. The molecule has 5 nitrogen and oxygen atoms in total. The Morgan fingerprint density at radius 1 is 1.36 bits per heavy atom. The number of aromatic nitrogens is 2. The maximum absolute atomic E-state index is 4.60. The Kier molecular flexibility index (Phi) is 6.05. The van der Waals surface area contributed by atoms with Gasteiger partial charge in [0.2, 0.25) is 0 Å². The number of fused-ring (bicyclic) bond motifs is 1. The third-order valence-corrected chi connectivity index (χ3v) is 3.84. The number of hydrogen-bond acceptors (Lipinski definition) is 2. The first-order valence-electron chi connectivity index (χ1n) is 7.67. The monoisotopic (exact) mass is 413 g/mol. The molecule has 2 aromatic rings. The highest BCUT2D eigenvalue weighted by atomic mass is 127. The van der Waals surface area contributed by atoms with Crippen molar-refractivity contribution >= 4 is 41.0 Å². The van der Waals surface area contributed by atoms with Crippen molar-refractivity contribution in [3.63, 3.8) is 0 Å². The van der Waals surface area contributed by atoms with Crippen LogP contribution >= 0.6 is 24.0 Å². The number of benzene rings is 1. The molecule has 0 unspecified atom stereocenters. The number of imidazole rings is 1. The molecule has 1 saturated carbocycles. The largest absolute Gasteiger partial charge is 0.356 e. The molecule has 120 valence electrons. The van der Waals surface area contributed by atoms with E-state index in [0.29, 0.717) is 6.04 Å². The minimum absolute atomic E-state index is 0. The first-order chi connectivity index (χ1) is 10.3. The first kappa shape index (κ1) is 17.1. The molecule has 22 heavy (non-hydrogen) atoms. The van der Waals surface area contributed by atoms with E-state index < -0.39 is 0 Å². The number of halogens is 1. The van der Waals surface area contributed by atoms with Crippen LogP contribution in [0.25, 0.3) is 11.0 Å². The molecule has 3 rings (SSSR count). The fraction of sp³-hybridized carbons (Fsp3) is 0.500. The minimum Gasteiger partial charge on any atom is -0.356 e. The van der Waals surface area contributed by atoms with E-state index in [-0.39, 0.29) is 24.0 Å². The Morgan fingerprint density at radius 2 is 2.14 bits per heavy atom. The van der Waals surface area contributed by atoms with Gasteiger partial charge in [0.1, 0.15) is 5.82 Å². The summed E-state index contributed by atoms with van der Waals surface area (Å²) in [5.74, 6) is 2.00. The van der Waals surface area contributed by atoms with Crippen molar-refractivity contribution in [1.29, 1.82) is 0 Å². The molecule has 0 amide bonds. The van der Waals surface area contributed by atoms with E-state index in [1.54, 1.807) is 0 Å². The number of nitrogens with one attached hydrogen (secondary N) is 2. The maximum Gasteiger partial charge on any atom is 0.191 e. The quantitative estimate of drug-likeness (QED) is 0.343. The average molecular weight is 413 g/mol. The Morgan fingerprint density at radius 3 is 2.86 bits per heavy atom. The second-order valence-electron chi connectivity index (χ2n) is 5.57. The molecule has 1 aromatic carbocycles. The van der Waals surface area contributed by atoms with Gasteiger partial charge in [-0.25, -0.2) is 4.98 Å². The highest BCUT2D eigenvalue weighted by molar-refractivity contribution is 14.0. The van der Waals surface area contributed by atoms with E-state index in [4.69, 9.17) is 0 Å². The number of para-hydroxylation sites is 2. The third kappa shape index (κ3) is 4.12. The smallest absolute Gasteiger partial charge is 0.191 e. The predicted molar refractivity (Wildman–Crippen MR) is 102 cm³/mol. The molecule has 0 saturated heterocycles. The summed E-state index contributed by atoms with van der Waals surface area (Å²) in [5.41, 5.74) is 2.30. The Hall–Kier alpha value is -1.31. The molecular weight excluding hydrogens is 389 g/mol. The van der Waals surface area contributed by atoms with E-state index in [0.717, 1.165) is 36.8 Å². The lowest BCUT2D eigenvalue weighted by atomic mass is 10.3. The molecule has 0 bridgehead atoms. The molecular formula is C16H24IN5. The minimum atomic E-state index is 0. The van der Waals surface area contributed by atoms with Crippen LogP contribution in [-0.2, 0) is 6.54 Å². The first-order valence-corrected chi connectivity index (χ1v) is 7.67. The van der Waals surface area contributed by atoms with Gasteiger partial charge in [0.15, 0.2) is 5.96 Å². The van der Waals surface area contributed by atoms with E-state index >= 15 is 0 Å². The van der Waals surface area contributed by atoms with Crippen LogP contribution in [0.15, 0.2) is 29.3 Å². The Labute approximate surface area is 148 Å². The van der Waals surface area contributed by atoms with Crippen LogP contribution in [0, 0.1) is 6.92 Å². The van der Waals surface area contributed by atoms with Crippen molar-refractivity contribution in [2.24, 2.45) is 4.99 Å².